The molecule has 3 aromatic carbocycles. The van der Waals surface area contributed by atoms with Crippen molar-refractivity contribution in [1.82, 2.24) is 5.32 Å². The number of fused-ring (bicyclic) bond motifs is 3. The summed E-state index contributed by atoms with van der Waals surface area (Å²) in [4.78, 5) is 12.3. The van der Waals surface area contributed by atoms with Crippen LogP contribution in [0.3, 0.4) is 0 Å². The molecule has 1 aliphatic heterocycles. The number of ether oxygens (including phenoxy) is 1. The Hall–Kier alpha value is -2.39. The number of hydrogen-bond acceptors (Lipinski definition) is 3. The van der Waals surface area contributed by atoms with Crippen LogP contribution in [0.5, 0.6) is 5.75 Å². The van der Waals surface area contributed by atoms with Crippen molar-refractivity contribution in [2.24, 2.45) is 5.92 Å². The molecule has 1 N–H and O–H groups in total. The Morgan fingerprint density at radius 3 is 2.43 bits per heavy atom. The van der Waals surface area contributed by atoms with E-state index >= 15 is 0 Å². The lowest BCUT2D eigenvalue weighted by Gasteiger charge is -2.20. The van der Waals surface area contributed by atoms with Gasteiger partial charge in [-0.25, -0.2) is 0 Å². The zero-order valence-corrected chi connectivity index (χ0v) is 12.9. The van der Waals surface area contributed by atoms with Gasteiger partial charge in [0, 0.05) is 0 Å². The highest BCUT2D eigenvalue weighted by atomic mass is 16.5. The molecule has 116 valence electrons. The van der Waals surface area contributed by atoms with Crippen molar-refractivity contribution in [2.45, 2.75) is 12.8 Å². The summed E-state index contributed by atoms with van der Waals surface area (Å²) in [5, 5.41) is 7.93. The lowest BCUT2D eigenvalue weighted by molar-refractivity contribution is -0.139. The molecule has 0 aromatic heterocycles. The van der Waals surface area contributed by atoms with Gasteiger partial charge in [-0.05, 0) is 59.6 Å². The first-order valence-electron chi connectivity index (χ1n) is 8.15. The van der Waals surface area contributed by atoms with Crippen LogP contribution in [0.25, 0.3) is 21.5 Å². The van der Waals surface area contributed by atoms with Crippen molar-refractivity contribution in [3.63, 3.8) is 0 Å². The van der Waals surface area contributed by atoms with Gasteiger partial charge in [-0.3, -0.25) is 4.79 Å². The number of rotatable bonds is 2. The molecular formula is C20H19NO2. The predicted molar refractivity (Wildman–Crippen MR) is 92.7 cm³/mol. The molecule has 0 amide bonds. The Bertz CT molecular complexity index is 866. The van der Waals surface area contributed by atoms with Gasteiger partial charge in [-0.2, -0.15) is 0 Å². The van der Waals surface area contributed by atoms with E-state index in [9.17, 15) is 4.79 Å². The summed E-state index contributed by atoms with van der Waals surface area (Å²) in [6, 6.07) is 18.4. The summed E-state index contributed by atoms with van der Waals surface area (Å²) < 4.78 is 5.64. The second-order valence-corrected chi connectivity index (χ2v) is 6.12. The molecule has 1 heterocycles. The van der Waals surface area contributed by atoms with Crippen molar-refractivity contribution >= 4 is 27.5 Å². The van der Waals surface area contributed by atoms with E-state index in [0.29, 0.717) is 5.75 Å². The number of nitrogens with one attached hydrogen (secondary N) is 1. The molecule has 0 aliphatic carbocycles. The van der Waals surface area contributed by atoms with Crippen LogP contribution in [0.15, 0.2) is 54.6 Å². The molecule has 3 aromatic rings. The summed E-state index contributed by atoms with van der Waals surface area (Å²) >= 11 is 0. The highest BCUT2D eigenvalue weighted by Crippen LogP contribution is 2.29. The second-order valence-electron chi connectivity index (χ2n) is 6.12. The summed E-state index contributed by atoms with van der Waals surface area (Å²) in [6.07, 6.45) is 1.71. The summed E-state index contributed by atoms with van der Waals surface area (Å²) in [6.45, 7) is 1.78. The third kappa shape index (κ3) is 2.80. The maximum Gasteiger partial charge on any atom is 0.314 e. The molecule has 1 saturated heterocycles. The molecular weight excluding hydrogens is 286 g/mol. The molecule has 0 atom stereocenters. The molecule has 0 spiro atoms. The van der Waals surface area contributed by atoms with E-state index in [1.54, 1.807) is 0 Å². The van der Waals surface area contributed by atoms with Gasteiger partial charge < -0.3 is 10.1 Å². The molecule has 0 unspecified atom stereocenters. The highest BCUT2D eigenvalue weighted by molar-refractivity contribution is 6.07. The standard InChI is InChI=1S/C20H19NO2/c22-20(16-9-11-21-12-10-16)23-17-8-7-15-6-5-14-3-1-2-4-18(14)19(15)13-17/h1-8,13,16,21H,9-12H2. The highest BCUT2D eigenvalue weighted by Gasteiger charge is 2.22. The van der Waals surface area contributed by atoms with E-state index < -0.39 is 0 Å². The number of carbonyl (C=O) groups excluding carboxylic acids is 1. The Balaban J connectivity index is 1.67. The molecule has 0 bridgehead atoms. The smallest absolute Gasteiger partial charge is 0.314 e. The van der Waals surface area contributed by atoms with E-state index in [1.165, 1.54) is 10.8 Å². The largest absolute Gasteiger partial charge is 0.426 e. The monoisotopic (exact) mass is 305 g/mol. The van der Waals surface area contributed by atoms with Crippen LogP contribution in [0.2, 0.25) is 0 Å². The third-order valence-electron chi connectivity index (χ3n) is 4.61. The minimum absolute atomic E-state index is 0.0134. The third-order valence-corrected chi connectivity index (χ3v) is 4.61. The number of hydrogen-bond donors (Lipinski definition) is 1. The minimum Gasteiger partial charge on any atom is -0.426 e. The predicted octanol–water partition coefficient (Wildman–Crippen LogP) is 3.90. The number of carbonyl (C=O) groups is 1. The molecule has 0 radical (unpaired) electrons. The molecule has 23 heavy (non-hydrogen) atoms. The van der Waals surface area contributed by atoms with Gasteiger partial charge in [0.05, 0.1) is 5.92 Å². The van der Waals surface area contributed by atoms with E-state index in [2.05, 4.69) is 29.6 Å². The van der Waals surface area contributed by atoms with E-state index in [0.717, 1.165) is 36.7 Å². The van der Waals surface area contributed by atoms with Gasteiger partial charge in [0.2, 0.25) is 0 Å². The molecule has 4 rings (SSSR count). The number of piperidine rings is 1. The quantitative estimate of drug-likeness (QED) is 0.443. The van der Waals surface area contributed by atoms with Gasteiger partial charge >= 0.3 is 5.97 Å². The maximum absolute atomic E-state index is 12.3. The van der Waals surface area contributed by atoms with Crippen LogP contribution < -0.4 is 10.1 Å². The van der Waals surface area contributed by atoms with Crippen LogP contribution in [-0.2, 0) is 4.79 Å². The average molecular weight is 305 g/mol. The maximum atomic E-state index is 12.3. The van der Waals surface area contributed by atoms with E-state index in [1.807, 2.05) is 30.3 Å². The zero-order valence-electron chi connectivity index (χ0n) is 12.9. The molecule has 3 nitrogen and oxygen atoms in total. The molecule has 3 heteroatoms. The van der Waals surface area contributed by atoms with E-state index in [-0.39, 0.29) is 11.9 Å². The van der Waals surface area contributed by atoms with E-state index in [4.69, 9.17) is 4.74 Å². The van der Waals surface area contributed by atoms with Crippen LogP contribution in [0.4, 0.5) is 0 Å². The zero-order chi connectivity index (χ0) is 15.6. The van der Waals surface area contributed by atoms with Crippen LogP contribution in [0, 0.1) is 5.92 Å². The first kappa shape index (κ1) is 14.2. The lowest BCUT2D eigenvalue weighted by Crippen LogP contribution is -2.33. The van der Waals surface area contributed by atoms with Crippen molar-refractivity contribution in [2.75, 3.05) is 13.1 Å². The van der Waals surface area contributed by atoms with Gasteiger partial charge in [-0.1, -0.05) is 42.5 Å². The van der Waals surface area contributed by atoms with Crippen LogP contribution >= 0.6 is 0 Å². The van der Waals surface area contributed by atoms with Gasteiger partial charge in [0.15, 0.2) is 0 Å². The Kier molecular flexibility index (Phi) is 3.72. The summed E-state index contributed by atoms with van der Waals surface area (Å²) in [5.41, 5.74) is 0. The molecule has 1 fully saturated rings. The topological polar surface area (TPSA) is 38.3 Å². The lowest BCUT2D eigenvalue weighted by atomic mass is 9.98. The summed E-state index contributed by atoms with van der Waals surface area (Å²) in [5.74, 6) is 0.544. The van der Waals surface area contributed by atoms with Gasteiger partial charge in [0.25, 0.3) is 0 Å². The number of benzene rings is 3. The normalized spacial score (nSPS) is 15.8. The Morgan fingerprint density at radius 1 is 0.913 bits per heavy atom. The fourth-order valence-electron chi connectivity index (χ4n) is 3.30. The van der Waals surface area contributed by atoms with Crippen molar-refractivity contribution < 1.29 is 9.53 Å². The Labute approximate surface area is 135 Å². The fourth-order valence-corrected chi connectivity index (χ4v) is 3.30. The SMILES string of the molecule is O=C(Oc1ccc2ccc3ccccc3c2c1)C1CCNCC1. The van der Waals surface area contributed by atoms with Crippen molar-refractivity contribution in [3.05, 3.63) is 54.6 Å². The second kappa shape index (κ2) is 6.01. The fraction of sp³-hybridized carbons (Fsp3) is 0.250. The first-order valence-corrected chi connectivity index (χ1v) is 8.15. The average Bonchev–Trinajstić information content (AvgIpc) is 2.62. The van der Waals surface area contributed by atoms with Crippen molar-refractivity contribution in [3.8, 4) is 5.75 Å². The Morgan fingerprint density at radius 2 is 1.61 bits per heavy atom. The van der Waals surface area contributed by atoms with Crippen LogP contribution in [0.1, 0.15) is 12.8 Å². The first-order chi connectivity index (χ1) is 11.3. The van der Waals surface area contributed by atoms with Gasteiger partial charge in [0.1, 0.15) is 5.75 Å². The number of esters is 1. The summed E-state index contributed by atoms with van der Waals surface area (Å²) in [7, 11) is 0. The minimum atomic E-state index is -0.105. The molecule has 1 aliphatic rings. The molecule has 0 saturated carbocycles. The van der Waals surface area contributed by atoms with Crippen LogP contribution in [-0.4, -0.2) is 19.1 Å². The van der Waals surface area contributed by atoms with Crippen molar-refractivity contribution in [1.29, 1.82) is 0 Å². The van der Waals surface area contributed by atoms with Gasteiger partial charge in [-0.15, -0.1) is 0 Å².